The van der Waals surface area contributed by atoms with E-state index < -0.39 is 5.25 Å². The molecular formula is C23H22ClN5O2S. The molecule has 1 fully saturated rings. The van der Waals surface area contributed by atoms with Gasteiger partial charge in [0, 0.05) is 33.7 Å². The van der Waals surface area contributed by atoms with Crippen molar-refractivity contribution in [1.82, 2.24) is 19.7 Å². The number of hydrogen-bond donors (Lipinski definition) is 2. The third kappa shape index (κ3) is 3.96. The summed E-state index contributed by atoms with van der Waals surface area (Å²) < 4.78 is 7.50. The average Bonchev–Trinajstić information content (AvgIpc) is 3.41. The van der Waals surface area contributed by atoms with E-state index in [4.69, 9.17) is 16.3 Å². The van der Waals surface area contributed by atoms with E-state index in [0.29, 0.717) is 22.5 Å². The first-order valence-corrected chi connectivity index (χ1v) is 11.6. The van der Waals surface area contributed by atoms with Gasteiger partial charge in [-0.05, 0) is 44.0 Å². The first-order valence-electron chi connectivity index (χ1n) is 10.4. The van der Waals surface area contributed by atoms with Crippen molar-refractivity contribution in [1.29, 1.82) is 0 Å². The van der Waals surface area contributed by atoms with Crippen LogP contribution in [0.25, 0.3) is 22.3 Å². The van der Waals surface area contributed by atoms with Crippen molar-refractivity contribution in [2.45, 2.75) is 36.2 Å². The Balaban J connectivity index is 1.40. The highest BCUT2D eigenvalue weighted by Crippen LogP contribution is 2.43. The molecule has 1 amide bonds. The number of aromatic amines is 1. The Morgan fingerprint density at radius 3 is 2.88 bits per heavy atom. The minimum Gasteiger partial charge on any atom is -0.495 e. The number of para-hydroxylation sites is 1. The van der Waals surface area contributed by atoms with Crippen LogP contribution < -0.4 is 10.1 Å². The molecule has 1 aliphatic carbocycles. The number of amides is 1. The Morgan fingerprint density at radius 1 is 1.28 bits per heavy atom. The van der Waals surface area contributed by atoms with E-state index >= 15 is 0 Å². The fourth-order valence-electron chi connectivity index (χ4n) is 3.68. The standard InChI is InChI=1S/C23H22ClN5O2S/c1-13(22(30)26-19-11-14(24)7-10-20(19)31-2)32-23-28-27-21(29(23)15-8-9-15)17-12-25-18-6-4-3-5-16(17)18/h3-7,10-13,15,25H,8-9H2,1-2H3,(H,26,30). The zero-order valence-corrected chi connectivity index (χ0v) is 19.2. The number of methoxy groups -OCH3 is 1. The predicted molar refractivity (Wildman–Crippen MR) is 128 cm³/mol. The van der Waals surface area contributed by atoms with E-state index in [9.17, 15) is 4.79 Å². The van der Waals surface area contributed by atoms with E-state index in [0.717, 1.165) is 40.3 Å². The molecule has 9 heteroatoms. The molecule has 32 heavy (non-hydrogen) atoms. The normalized spacial score (nSPS) is 14.5. The van der Waals surface area contributed by atoms with Gasteiger partial charge in [0.2, 0.25) is 5.91 Å². The minimum atomic E-state index is -0.392. The number of hydrogen-bond acceptors (Lipinski definition) is 5. The van der Waals surface area contributed by atoms with Crippen LogP contribution in [0.1, 0.15) is 25.8 Å². The summed E-state index contributed by atoms with van der Waals surface area (Å²) in [4.78, 5) is 16.2. The van der Waals surface area contributed by atoms with Crippen LogP contribution in [0.4, 0.5) is 5.69 Å². The van der Waals surface area contributed by atoms with Gasteiger partial charge in [0.25, 0.3) is 0 Å². The maximum Gasteiger partial charge on any atom is 0.237 e. The molecule has 0 radical (unpaired) electrons. The summed E-state index contributed by atoms with van der Waals surface area (Å²) in [5.74, 6) is 1.23. The molecular weight excluding hydrogens is 446 g/mol. The van der Waals surface area contributed by atoms with Crippen LogP contribution in [0.5, 0.6) is 5.75 Å². The van der Waals surface area contributed by atoms with Crippen LogP contribution in [0, 0.1) is 0 Å². The van der Waals surface area contributed by atoms with Gasteiger partial charge >= 0.3 is 0 Å². The number of fused-ring (bicyclic) bond motifs is 1. The summed E-state index contributed by atoms with van der Waals surface area (Å²) in [6.07, 6.45) is 4.14. The number of thioether (sulfide) groups is 1. The lowest BCUT2D eigenvalue weighted by atomic mass is 10.1. The molecule has 0 spiro atoms. The maximum atomic E-state index is 12.9. The molecule has 1 unspecified atom stereocenters. The number of nitrogens with zero attached hydrogens (tertiary/aromatic N) is 3. The van der Waals surface area contributed by atoms with Gasteiger partial charge in [-0.1, -0.05) is 41.6 Å². The Hall–Kier alpha value is -2.97. The van der Waals surface area contributed by atoms with Crippen molar-refractivity contribution in [3.05, 3.63) is 53.7 Å². The van der Waals surface area contributed by atoms with Crippen molar-refractivity contribution < 1.29 is 9.53 Å². The highest BCUT2D eigenvalue weighted by molar-refractivity contribution is 8.00. The molecule has 2 N–H and O–H groups in total. The van der Waals surface area contributed by atoms with Gasteiger partial charge < -0.3 is 15.0 Å². The average molecular weight is 468 g/mol. The van der Waals surface area contributed by atoms with Crippen LogP contribution in [0.2, 0.25) is 5.02 Å². The summed E-state index contributed by atoms with van der Waals surface area (Å²) in [5.41, 5.74) is 2.62. The second-order valence-electron chi connectivity index (χ2n) is 7.75. The first kappa shape index (κ1) is 20.9. The number of ether oxygens (including phenoxy) is 1. The second kappa shape index (κ2) is 8.52. The lowest BCUT2D eigenvalue weighted by Crippen LogP contribution is -2.23. The SMILES string of the molecule is COc1ccc(Cl)cc1NC(=O)C(C)Sc1nnc(-c2c[nH]c3ccccc23)n1C1CC1. The number of aromatic nitrogens is 4. The number of carbonyl (C=O) groups excluding carboxylic acids is 1. The Morgan fingerprint density at radius 2 is 2.09 bits per heavy atom. The summed E-state index contributed by atoms with van der Waals surface area (Å²) in [6.45, 7) is 1.86. The van der Waals surface area contributed by atoms with Crippen LogP contribution in [-0.2, 0) is 4.79 Å². The number of halogens is 1. The Labute approximate surface area is 194 Å². The molecule has 2 heterocycles. The monoisotopic (exact) mass is 467 g/mol. The third-order valence-electron chi connectivity index (χ3n) is 5.48. The maximum absolute atomic E-state index is 12.9. The van der Waals surface area contributed by atoms with Crippen molar-refractivity contribution >= 4 is 45.9 Å². The zero-order valence-electron chi connectivity index (χ0n) is 17.6. The highest BCUT2D eigenvalue weighted by atomic mass is 35.5. The fourth-order valence-corrected chi connectivity index (χ4v) is 4.77. The molecule has 4 aromatic rings. The van der Waals surface area contributed by atoms with Crippen LogP contribution in [-0.4, -0.2) is 38.0 Å². The molecule has 1 aliphatic rings. The van der Waals surface area contributed by atoms with Gasteiger partial charge in [0.05, 0.1) is 18.0 Å². The number of nitrogens with one attached hydrogen (secondary N) is 2. The number of H-pyrrole nitrogens is 1. The number of carbonyl (C=O) groups is 1. The summed E-state index contributed by atoms with van der Waals surface area (Å²) in [7, 11) is 1.56. The van der Waals surface area contributed by atoms with Crippen LogP contribution >= 0.6 is 23.4 Å². The topological polar surface area (TPSA) is 84.8 Å². The lowest BCUT2D eigenvalue weighted by Gasteiger charge is -2.15. The van der Waals surface area contributed by atoms with Crippen molar-refractivity contribution in [2.24, 2.45) is 0 Å². The summed E-state index contributed by atoms with van der Waals surface area (Å²) in [6, 6.07) is 13.6. The molecule has 0 saturated heterocycles. The smallest absolute Gasteiger partial charge is 0.237 e. The van der Waals surface area contributed by atoms with Crippen molar-refractivity contribution in [3.63, 3.8) is 0 Å². The summed E-state index contributed by atoms with van der Waals surface area (Å²) >= 11 is 7.49. The fraction of sp³-hybridized carbons (Fsp3) is 0.261. The van der Waals surface area contributed by atoms with Gasteiger partial charge in [0.15, 0.2) is 11.0 Å². The van der Waals surface area contributed by atoms with Gasteiger partial charge in [-0.25, -0.2) is 0 Å². The van der Waals surface area contributed by atoms with E-state index in [1.807, 2.05) is 31.3 Å². The van der Waals surface area contributed by atoms with E-state index in [1.54, 1.807) is 25.3 Å². The van der Waals surface area contributed by atoms with E-state index in [1.165, 1.54) is 11.8 Å². The molecule has 2 aromatic carbocycles. The Bertz CT molecular complexity index is 1300. The molecule has 2 aromatic heterocycles. The molecule has 0 aliphatic heterocycles. The van der Waals surface area contributed by atoms with Crippen molar-refractivity contribution in [2.75, 3.05) is 12.4 Å². The summed E-state index contributed by atoms with van der Waals surface area (Å²) in [5, 5.41) is 13.9. The van der Waals surface area contributed by atoms with Crippen molar-refractivity contribution in [3.8, 4) is 17.1 Å². The quantitative estimate of drug-likeness (QED) is 0.348. The Kier molecular flexibility index (Phi) is 5.57. The first-order chi connectivity index (χ1) is 15.5. The zero-order chi connectivity index (χ0) is 22.2. The third-order valence-corrected chi connectivity index (χ3v) is 6.77. The largest absolute Gasteiger partial charge is 0.495 e. The van der Waals surface area contributed by atoms with Crippen LogP contribution in [0.3, 0.4) is 0 Å². The highest BCUT2D eigenvalue weighted by Gasteiger charge is 2.32. The van der Waals surface area contributed by atoms with Gasteiger partial charge in [-0.2, -0.15) is 0 Å². The number of benzene rings is 2. The van der Waals surface area contributed by atoms with Crippen LogP contribution in [0.15, 0.2) is 53.8 Å². The molecule has 7 nitrogen and oxygen atoms in total. The molecule has 1 saturated carbocycles. The van der Waals surface area contributed by atoms with Gasteiger partial charge in [-0.15, -0.1) is 10.2 Å². The molecule has 0 bridgehead atoms. The number of rotatable bonds is 7. The molecule has 5 rings (SSSR count). The van der Waals surface area contributed by atoms with Gasteiger partial charge in [0.1, 0.15) is 5.75 Å². The van der Waals surface area contributed by atoms with E-state index in [-0.39, 0.29) is 5.91 Å². The van der Waals surface area contributed by atoms with Gasteiger partial charge in [-0.3, -0.25) is 9.36 Å². The molecule has 164 valence electrons. The second-order valence-corrected chi connectivity index (χ2v) is 9.49. The lowest BCUT2D eigenvalue weighted by molar-refractivity contribution is -0.115. The van der Waals surface area contributed by atoms with E-state index in [2.05, 4.69) is 31.1 Å². The molecule has 1 atom stereocenters. The number of anilines is 1. The minimum absolute atomic E-state index is 0.158. The predicted octanol–water partition coefficient (Wildman–Crippen LogP) is 5.54.